The lowest BCUT2D eigenvalue weighted by molar-refractivity contribution is -0.119. The number of carbonyl (C=O) groups excluding carboxylic acids is 1. The highest BCUT2D eigenvalue weighted by molar-refractivity contribution is 7.99. The predicted octanol–water partition coefficient (Wildman–Crippen LogP) is 4.25. The van der Waals surface area contributed by atoms with Crippen molar-refractivity contribution in [2.24, 2.45) is 0 Å². The van der Waals surface area contributed by atoms with Crippen molar-refractivity contribution in [3.63, 3.8) is 0 Å². The molecular formula is C19H20FNOS. The van der Waals surface area contributed by atoms with Crippen LogP contribution in [0.1, 0.15) is 35.6 Å². The number of thioether (sulfide) groups is 1. The zero-order chi connectivity index (χ0) is 16.1. The third-order valence-corrected chi connectivity index (χ3v) is 5.13. The van der Waals surface area contributed by atoms with E-state index in [2.05, 4.69) is 17.4 Å². The van der Waals surface area contributed by atoms with Gasteiger partial charge in [0.05, 0.1) is 11.8 Å². The van der Waals surface area contributed by atoms with E-state index >= 15 is 0 Å². The van der Waals surface area contributed by atoms with Crippen molar-refractivity contribution < 1.29 is 9.18 Å². The maximum atomic E-state index is 13.5. The monoisotopic (exact) mass is 329 g/mol. The van der Waals surface area contributed by atoms with Crippen LogP contribution in [0.5, 0.6) is 0 Å². The van der Waals surface area contributed by atoms with E-state index in [1.165, 1.54) is 29.0 Å². The fourth-order valence-electron chi connectivity index (χ4n) is 3.01. The summed E-state index contributed by atoms with van der Waals surface area (Å²) < 4.78 is 13.5. The lowest BCUT2D eigenvalue weighted by atomic mass is 9.88. The Balaban J connectivity index is 1.52. The number of rotatable bonds is 5. The molecule has 1 N–H and O–H groups in total. The third kappa shape index (κ3) is 4.14. The van der Waals surface area contributed by atoms with Crippen molar-refractivity contribution in [3.05, 3.63) is 71.0 Å². The third-order valence-electron chi connectivity index (χ3n) is 4.15. The number of nitrogens with one attached hydrogen (secondary N) is 1. The first-order chi connectivity index (χ1) is 11.2. The highest BCUT2D eigenvalue weighted by Crippen LogP contribution is 2.29. The molecule has 2 aromatic carbocycles. The van der Waals surface area contributed by atoms with E-state index < -0.39 is 0 Å². The van der Waals surface area contributed by atoms with E-state index in [0.717, 1.165) is 19.3 Å². The molecule has 0 spiro atoms. The molecule has 120 valence electrons. The van der Waals surface area contributed by atoms with Crippen LogP contribution in [0.15, 0.2) is 48.5 Å². The van der Waals surface area contributed by atoms with Crippen LogP contribution >= 0.6 is 11.8 Å². The molecule has 0 bridgehead atoms. The molecule has 0 saturated carbocycles. The molecule has 1 aliphatic rings. The van der Waals surface area contributed by atoms with Gasteiger partial charge >= 0.3 is 0 Å². The summed E-state index contributed by atoms with van der Waals surface area (Å²) >= 11 is 1.45. The zero-order valence-electron chi connectivity index (χ0n) is 12.9. The Kier molecular flexibility index (Phi) is 5.34. The van der Waals surface area contributed by atoms with Gasteiger partial charge < -0.3 is 5.32 Å². The Bertz CT molecular complexity index is 689. The Morgan fingerprint density at radius 1 is 1.17 bits per heavy atom. The van der Waals surface area contributed by atoms with Gasteiger partial charge in [0.25, 0.3) is 0 Å². The summed E-state index contributed by atoms with van der Waals surface area (Å²) in [5.74, 6) is 0.684. The average molecular weight is 329 g/mol. The quantitative estimate of drug-likeness (QED) is 0.888. The standard InChI is InChI=1S/C19H20FNOS/c20-17-10-4-2-7-15(17)12-23-13-19(22)21-18-11-5-8-14-6-1-3-9-16(14)18/h1-4,6-7,9-10,18H,5,8,11-13H2,(H,21,22)/t18-/m1/s1. The van der Waals surface area contributed by atoms with Gasteiger partial charge in [-0.15, -0.1) is 11.8 Å². The van der Waals surface area contributed by atoms with E-state index in [9.17, 15) is 9.18 Å². The van der Waals surface area contributed by atoms with Crippen LogP contribution in [0.2, 0.25) is 0 Å². The van der Waals surface area contributed by atoms with Gasteiger partial charge in [-0.1, -0.05) is 42.5 Å². The summed E-state index contributed by atoms with van der Waals surface area (Å²) in [4.78, 5) is 12.2. The second-order valence-corrected chi connectivity index (χ2v) is 6.78. The second-order valence-electron chi connectivity index (χ2n) is 5.80. The number of aryl methyl sites for hydroxylation is 1. The minimum Gasteiger partial charge on any atom is -0.349 e. The lowest BCUT2D eigenvalue weighted by Crippen LogP contribution is -2.32. The van der Waals surface area contributed by atoms with Gasteiger partial charge in [-0.05, 0) is 42.0 Å². The van der Waals surface area contributed by atoms with Gasteiger partial charge in [-0.2, -0.15) is 0 Å². The number of amides is 1. The molecule has 23 heavy (non-hydrogen) atoms. The first kappa shape index (κ1) is 16.1. The molecular weight excluding hydrogens is 309 g/mol. The summed E-state index contributed by atoms with van der Waals surface area (Å²) in [6.07, 6.45) is 3.18. The summed E-state index contributed by atoms with van der Waals surface area (Å²) in [5, 5.41) is 3.12. The van der Waals surface area contributed by atoms with Crippen molar-refractivity contribution in [2.45, 2.75) is 31.1 Å². The molecule has 0 saturated heterocycles. The van der Waals surface area contributed by atoms with Crippen LogP contribution < -0.4 is 5.32 Å². The van der Waals surface area contributed by atoms with Crippen LogP contribution in [-0.4, -0.2) is 11.7 Å². The van der Waals surface area contributed by atoms with Gasteiger partial charge in [0.1, 0.15) is 5.82 Å². The van der Waals surface area contributed by atoms with Crippen LogP contribution in [0, 0.1) is 5.82 Å². The summed E-state index contributed by atoms with van der Waals surface area (Å²) in [7, 11) is 0. The molecule has 2 nitrogen and oxygen atoms in total. The summed E-state index contributed by atoms with van der Waals surface area (Å²) in [6.45, 7) is 0. The van der Waals surface area contributed by atoms with Crippen molar-refractivity contribution >= 4 is 17.7 Å². The summed E-state index contributed by atoms with van der Waals surface area (Å²) in [6, 6.07) is 15.1. The molecule has 4 heteroatoms. The molecule has 0 unspecified atom stereocenters. The van der Waals surface area contributed by atoms with Crippen molar-refractivity contribution in [1.82, 2.24) is 5.32 Å². The number of halogens is 1. The minimum atomic E-state index is -0.207. The van der Waals surface area contributed by atoms with E-state index in [1.807, 2.05) is 18.2 Å². The van der Waals surface area contributed by atoms with Crippen molar-refractivity contribution in [3.8, 4) is 0 Å². The summed E-state index contributed by atoms with van der Waals surface area (Å²) in [5.41, 5.74) is 3.22. The topological polar surface area (TPSA) is 29.1 Å². The van der Waals surface area contributed by atoms with Gasteiger partial charge in [-0.3, -0.25) is 4.79 Å². The molecule has 0 fully saturated rings. The molecule has 1 aliphatic carbocycles. The van der Waals surface area contributed by atoms with Crippen molar-refractivity contribution in [2.75, 3.05) is 5.75 Å². The number of hydrogen-bond acceptors (Lipinski definition) is 2. The fourth-order valence-corrected chi connectivity index (χ4v) is 3.83. The second kappa shape index (κ2) is 7.64. The van der Waals surface area contributed by atoms with Gasteiger partial charge in [-0.25, -0.2) is 4.39 Å². The average Bonchev–Trinajstić information content (AvgIpc) is 2.57. The predicted molar refractivity (Wildman–Crippen MR) is 92.8 cm³/mol. The normalized spacial score (nSPS) is 16.7. The van der Waals surface area contributed by atoms with Gasteiger partial charge in [0, 0.05) is 5.75 Å². The van der Waals surface area contributed by atoms with Crippen molar-refractivity contribution in [1.29, 1.82) is 0 Å². The molecule has 1 amide bonds. The van der Waals surface area contributed by atoms with Crippen LogP contribution in [0.3, 0.4) is 0 Å². The van der Waals surface area contributed by atoms with Gasteiger partial charge in [0.2, 0.25) is 5.91 Å². The molecule has 2 aromatic rings. The van der Waals surface area contributed by atoms with E-state index in [4.69, 9.17) is 0 Å². The Morgan fingerprint density at radius 3 is 2.83 bits per heavy atom. The maximum absolute atomic E-state index is 13.5. The highest BCUT2D eigenvalue weighted by atomic mass is 32.2. The van der Waals surface area contributed by atoms with Crippen LogP contribution in [-0.2, 0) is 17.0 Å². The maximum Gasteiger partial charge on any atom is 0.230 e. The molecule has 0 heterocycles. The smallest absolute Gasteiger partial charge is 0.230 e. The first-order valence-electron chi connectivity index (χ1n) is 7.92. The van der Waals surface area contributed by atoms with E-state index in [0.29, 0.717) is 17.1 Å². The van der Waals surface area contributed by atoms with Gasteiger partial charge in [0.15, 0.2) is 0 Å². The molecule has 3 rings (SSSR count). The Labute approximate surface area is 140 Å². The molecule has 0 aromatic heterocycles. The van der Waals surface area contributed by atoms with Crippen LogP contribution in [0.4, 0.5) is 4.39 Å². The number of fused-ring (bicyclic) bond motifs is 1. The number of hydrogen-bond donors (Lipinski definition) is 1. The SMILES string of the molecule is O=C(CSCc1ccccc1F)N[C@@H]1CCCc2ccccc21. The Morgan fingerprint density at radius 2 is 1.96 bits per heavy atom. The largest absolute Gasteiger partial charge is 0.349 e. The minimum absolute atomic E-state index is 0.0213. The van der Waals surface area contributed by atoms with Crippen LogP contribution in [0.25, 0.3) is 0 Å². The number of benzene rings is 2. The molecule has 0 aliphatic heterocycles. The lowest BCUT2D eigenvalue weighted by Gasteiger charge is -2.26. The molecule has 1 atom stereocenters. The fraction of sp³-hybridized carbons (Fsp3) is 0.316. The number of carbonyl (C=O) groups is 1. The molecule has 0 radical (unpaired) electrons. The van der Waals surface area contributed by atoms with E-state index in [1.54, 1.807) is 12.1 Å². The zero-order valence-corrected chi connectivity index (χ0v) is 13.7. The van der Waals surface area contributed by atoms with E-state index in [-0.39, 0.29) is 17.8 Å². The highest BCUT2D eigenvalue weighted by Gasteiger charge is 2.21. The first-order valence-corrected chi connectivity index (χ1v) is 9.08. The Hall–Kier alpha value is -1.81.